The molecule has 29 heavy (non-hydrogen) atoms. The molecule has 9 heteroatoms. The Balaban J connectivity index is 1.90. The summed E-state index contributed by atoms with van der Waals surface area (Å²) in [5, 5.41) is 11.4. The van der Waals surface area contributed by atoms with Crippen LogP contribution < -0.4 is 20.3 Å². The summed E-state index contributed by atoms with van der Waals surface area (Å²) in [5.74, 6) is 0.656. The molecule has 1 aromatic carbocycles. The Morgan fingerprint density at radius 3 is 2.34 bits per heavy atom. The zero-order chi connectivity index (χ0) is 21.1. The van der Waals surface area contributed by atoms with Gasteiger partial charge in [-0.1, -0.05) is 0 Å². The summed E-state index contributed by atoms with van der Waals surface area (Å²) in [7, 11) is 4.85. The summed E-state index contributed by atoms with van der Waals surface area (Å²) >= 11 is 0. The number of ether oxygens (including phenoxy) is 2. The van der Waals surface area contributed by atoms with E-state index in [1.54, 1.807) is 43.1 Å². The van der Waals surface area contributed by atoms with Crippen molar-refractivity contribution in [3.05, 3.63) is 52.1 Å². The van der Waals surface area contributed by atoms with Crippen LogP contribution in [-0.4, -0.2) is 39.7 Å². The van der Waals surface area contributed by atoms with Gasteiger partial charge >= 0.3 is 0 Å². The van der Waals surface area contributed by atoms with E-state index in [-0.39, 0.29) is 12.5 Å². The molecule has 3 rings (SSSR count). The third kappa shape index (κ3) is 4.13. The van der Waals surface area contributed by atoms with E-state index in [1.807, 2.05) is 13.8 Å². The van der Waals surface area contributed by atoms with Crippen LogP contribution in [-0.2, 0) is 18.4 Å². The molecule has 3 aromatic rings. The highest BCUT2D eigenvalue weighted by Crippen LogP contribution is 2.27. The molecule has 0 saturated heterocycles. The number of nitrogens with one attached hydrogen (secondary N) is 1. The molecule has 2 heterocycles. The molecule has 0 aliphatic carbocycles. The third-order valence-corrected chi connectivity index (χ3v) is 4.61. The van der Waals surface area contributed by atoms with Gasteiger partial charge in [0.25, 0.3) is 5.56 Å². The van der Waals surface area contributed by atoms with Crippen LogP contribution in [0.2, 0.25) is 0 Å². The molecular weight excluding hydrogens is 374 g/mol. The summed E-state index contributed by atoms with van der Waals surface area (Å²) in [6, 6.07) is 8.50. The van der Waals surface area contributed by atoms with E-state index in [9.17, 15) is 9.59 Å². The van der Waals surface area contributed by atoms with Gasteiger partial charge in [0, 0.05) is 18.7 Å². The summed E-state index contributed by atoms with van der Waals surface area (Å²) in [6.07, 6.45) is 0. The van der Waals surface area contributed by atoms with Crippen molar-refractivity contribution in [1.29, 1.82) is 0 Å². The van der Waals surface area contributed by atoms with Gasteiger partial charge in [0.15, 0.2) is 5.75 Å². The number of carbonyl (C=O) groups excluding carboxylic acids is 1. The maximum atomic E-state index is 12.5. The fourth-order valence-corrected chi connectivity index (χ4v) is 2.96. The molecule has 1 N–H and O–H groups in total. The minimum Gasteiger partial charge on any atom is -0.497 e. The number of hydrogen-bond donors (Lipinski definition) is 1. The number of rotatable bonds is 6. The van der Waals surface area contributed by atoms with Crippen LogP contribution in [0.3, 0.4) is 0 Å². The molecule has 0 fully saturated rings. The first-order valence-corrected chi connectivity index (χ1v) is 8.94. The van der Waals surface area contributed by atoms with Gasteiger partial charge < -0.3 is 14.8 Å². The lowest BCUT2D eigenvalue weighted by Crippen LogP contribution is -2.30. The highest BCUT2D eigenvalue weighted by atomic mass is 16.5. The number of hydrogen-bond acceptors (Lipinski definition) is 6. The van der Waals surface area contributed by atoms with Crippen LogP contribution >= 0.6 is 0 Å². The molecule has 0 aliphatic heterocycles. The van der Waals surface area contributed by atoms with E-state index in [4.69, 9.17) is 9.47 Å². The topological polar surface area (TPSA) is 100 Å². The number of nitrogens with zero attached hydrogens (tertiary/aromatic N) is 4. The summed E-state index contributed by atoms with van der Waals surface area (Å²) in [4.78, 5) is 25.0. The second-order valence-corrected chi connectivity index (χ2v) is 6.50. The van der Waals surface area contributed by atoms with Crippen molar-refractivity contribution in [2.24, 2.45) is 7.05 Å². The zero-order valence-corrected chi connectivity index (χ0v) is 17.0. The first-order valence-electron chi connectivity index (χ1n) is 8.94. The molecule has 0 bridgehead atoms. The van der Waals surface area contributed by atoms with Crippen molar-refractivity contribution in [3.8, 4) is 22.8 Å². The van der Waals surface area contributed by atoms with Crippen LogP contribution in [0.1, 0.15) is 11.4 Å². The van der Waals surface area contributed by atoms with Crippen LogP contribution in [0.4, 0.5) is 5.69 Å². The summed E-state index contributed by atoms with van der Waals surface area (Å²) < 4.78 is 13.3. The standard InChI is InChI=1S/C20H23N5O4/c1-12-19(13(2)24(3)22-12)21-17(26)11-25-18(27)10-16(29-5)20(23-25)14-6-8-15(28-4)9-7-14/h6-10H,11H2,1-5H3,(H,21,26). The molecule has 0 spiro atoms. The van der Waals surface area contributed by atoms with Crippen LogP contribution in [0, 0.1) is 13.8 Å². The van der Waals surface area contributed by atoms with Gasteiger partial charge in [-0.15, -0.1) is 0 Å². The first kappa shape index (κ1) is 20.1. The fourth-order valence-electron chi connectivity index (χ4n) is 2.96. The zero-order valence-electron chi connectivity index (χ0n) is 17.0. The molecule has 1 amide bonds. The van der Waals surface area contributed by atoms with Gasteiger partial charge in [-0.05, 0) is 38.1 Å². The Morgan fingerprint density at radius 2 is 1.79 bits per heavy atom. The molecule has 2 aromatic heterocycles. The van der Waals surface area contributed by atoms with Crippen molar-refractivity contribution in [2.75, 3.05) is 19.5 Å². The number of methoxy groups -OCH3 is 2. The smallest absolute Gasteiger partial charge is 0.270 e. The predicted octanol–water partition coefficient (Wildman–Crippen LogP) is 1.92. The van der Waals surface area contributed by atoms with Crippen molar-refractivity contribution < 1.29 is 14.3 Å². The highest BCUT2D eigenvalue weighted by Gasteiger charge is 2.16. The molecular formula is C20H23N5O4. The van der Waals surface area contributed by atoms with Crippen LogP contribution in [0.5, 0.6) is 11.5 Å². The second-order valence-electron chi connectivity index (χ2n) is 6.50. The Bertz CT molecular complexity index is 1100. The molecule has 0 atom stereocenters. The quantitative estimate of drug-likeness (QED) is 0.682. The molecule has 0 unspecified atom stereocenters. The van der Waals surface area contributed by atoms with Crippen molar-refractivity contribution in [3.63, 3.8) is 0 Å². The monoisotopic (exact) mass is 397 g/mol. The average Bonchev–Trinajstić information content (AvgIpc) is 2.95. The highest BCUT2D eigenvalue weighted by molar-refractivity contribution is 5.91. The third-order valence-electron chi connectivity index (χ3n) is 4.61. The van der Waals surface area contributed by atoms with E-state index >= 15 is 0 Å². The number of aryl methyl sites for hydroxylation is 2. The van der Waals surface area contributed by atoms with Gasteiger partial charge in [-0.25, -0.2) is 4.68 Å². The maximum Gasteiger partial charge on any atom is 0.270 e. The lowest BCUT2D eigenvalue weighted by molar-refractivity contribution is -0.117. The van der Waals surface area contributed by atoms with E-state index in [0.29, 0.717) is 28.6 Å². The van der Waals surface area contributed by atoms with Gasteiger partial charge in [-0.2, -0.15) is 10.2 Å². The van der Waals surface area contributed by atoms with E-state index in [2.05, 4.69) is 15.5 Å². The van der Waals surface area contributed by atoms with Crippen molar-refractivity contribution in [1.82, 2.24) is 19.6 Å². The maximum absolute atomic E-state index is 12.5. The Labute approximate surface area is 167 Å². The molecule has 0 aliphatic rings. The number of amides is 1. The van der Waals surface area contributed by atoms with Gasteiger partial charge in [-0.3, -0.25) is 14.3 Å². The van der Waals surface area contributed by atoms with Gasteiger partial charge in [0.05, 0.1) is 31.3 Å². The minimum absolute atomic E-state index is 0.236. The minimum atomic E-state index is -0.436. The molecule has 0 saturated carbocycles. The molecule has 0 radical (unpaired) electrons. The molecule has 9 nitrogen and oxygen atoms in total. The van der Waals surface area contributed by atoms with E-state index in [0.717, 1.165) is 15.9 Å². The van der Waals surface area contributed by atoms with Crippen LogP contribution in [0.25, 0.3) is 11.3 Å². The number of carbonyl (C=O) groups is 1. The number of benzene rings is 1. The second kappa shape index (κ2) is 8.17. The number of aromatic nitrogens is 4. The summed E-state index contributed by atoms with van der Waals surface area (Å²) in [6.45, 7) is 3.43. The van der Waals surface area contributed by atoms with Crippen molar-refractivity contribution >= 4 is 11.6 Å². The van der Waals surface area contributed by atoms with Gasteiger partial charge in [0.1, 0.15) is 18.0 Å². The SMILES string of the molecule is COc1ccc(-c2nn(CC(=O)Nc3c(C)nn(C)c3C)c(=O)cc2OC)cc1. The summed E-state index contributed by atoms with van der Waals surface area (Å²) in [5.41, 5.74) is 2.91. The van der Waals surface area contributed by atoms with Crippen LogP contribution in [0.15, 0.2) is 35.1 Å². The van der Waals surface area contributed by atoms with Crippen molar-refractivity contribution in [2.45, 2.75) is 20.4 Å². The Morgan fingerprint density at radius 1 is 1.10 bits per heavy atom. The fraction of sp³-hybridized carbons (Fsp3) is 0.300. The first-order chi connectivity index (χ1) is 13.8. The van der Waals surface area contributed by atoms with E-state index in [1.165, 1.54) is 13.2 Å². The normalized spacial score (nSPS) is 10.7. The lowest BCUT2D eigenvalue weighted by atomic mass is 10.1. The van der Waals surface area contributed by atoms with Gasteiger partial charge in [0.2, 0.25) is 5.91 Å². The Kier molecular flexibility index (Phi) is 5.67. The lowest BCUT2D eigenvalue weighted by Gasteiger charge is -2.12. The number of anilines is 1. The predicted molar refractivity (Wildman–Crippen MR) is 108 cm³/mol. The average molecular weight is 397 g/mol. The molecule has 152 valence electrons. The Hall–Kier alpha value is -3.62. The van der Waals surface area contributed by atoms with E-state index < -0.39 is 5.56 Å². The largest absolute Gasteiger partial charge is 0.497 e.